The van der Waals surface area contributed by atoms with E-state index in [2.05, 4.69) is 25.5 Å². The third kappa shape index (κ3) is 4.17. The van der Waals surface area contributed by atoms with E-state index < -0.39 is 0 Å². The highest BCUT2D eigenvalue weighted by Gasteiger charge is 2.20. The number of hydrogen-bond donors (Lipinski definition) is 3. The number of anilines is 3. The molecule has 1 aliphatic rings. The lowest BCUT2D eigenvalue weighted by Crippen LogP contribution is -2.36. The Morgan fingerprint density at radius 2 is 2.04 bits per heavy atom. The van der Waals surface area contributed by atoms with Crippen LogP contribution in [0.15, 0.2) is 24.4 Å². The van der Waals surface area contributed by atoms with Gasteiger partial charge in [-0.2, -0.15) is 4.98 Å². The van der Waals surface area contributed by atoms with Gasteiger partial charge < -0.3 is 20.6 Å². The average Bonchev–Trinajstić information content (AvgIpc) is 2.65. The van der Waals surface area contributed by atoms with E-state index in [1.54, 1.807) is 13.1 Å². The maximum absolute atomic E-state index is 12.4. The first-order valence-electron chi connectivity index (χ1n) is 8.22. The number of aliphatic hydroxyl groups is 1. The molecule has 1 aromatic heterocycles. The molecule has 0 radical (unpaired) electrons. The quantitative estimate of drug-likeness (QED) is 0.689. The predicted molar refractivity (Wildman–Crippen MR) is 103 cm³/mol. The molecule has 0 bridgehead atoms. The third-order valence-electron chi connectivity index (χ3n) is 4.27. The summed E-state index contributed by atoms with van der Waals surface area (Å²) in [5, 5.41) is 15.7. The standard InChI is InChI=1S/C17H19Cl2N5O2/c1-20-16(26)12-8-10(24-6-4-11(25)5-7-24)2-3-14(12)22-15-13(18)9-21-17(19)23-15/h2-3,8-9,11,25H,4-7H2,1H3,(H,20,26)(H,21,22,23). The van der Waals surface area contributed by atoms with Gasteiger partial charge in [-0.3, -0.25) is 4.79 Å². The summed E-state index contributed by atoms with van der Waals surface area (Å²) in [6.07, 6.45) is 2.57. The molecular formula is C17H19Cl2N5O2. The lowest BCUT2D eigenvalue weighted by molar-refractivity contribution is 0.0964. The lowest BCUT2D eigenvalue weighted by Gasteiger charge is -2.32. The monoisotopic (exact) mass is 395 g/mol. The zero-order chi connectivity index (χ0) is 18.7. The molecule has 0 unspecified atom stereocenters. The first-order valence-corrected chi connectivity index (χ1v) is 8.97. The molecule has 0 spiro atoms. The number of halogens is 2. The fraction of sp³-hybridized carbons (Fsp3) is 0.353. The molecule has 138 valence electrons. The van der Waals surface area contributed by atoms with E-state index in [9.17, 15) is 9.90 Å². The molecule has 1 aromatic carbocycles. The molecule has 0 aliphatic carbocycles. The molecule has 1 aliphatic heterocycles. The molecule has 9 heteroatoms. The van der Waals surface area contributed by atoms with E-state index in [1.807, 2.05) is 12.1 Å². The Bertz CT molecular complexity index is 810. The van der Waals surface area contributed by atoms with Crippen LogP contribution in [0, 0.1) is 0 Å². The highest BCUT2D eigenvalue weighted by atomic mass is 35.5. The Kier molecular flexibility index (Phi) is 5.80. The van der Waals surface area contributed by atoms with Crippen molar-refractivity contribution in [2.45, 2.75) is 18.9 Å². The van der Waals surface area contributed by atoms with Crippen LogP contribution < -0.4 is 15.5 Å². The number of nitrogens with zero attached hydrogens (tertiary/aromatic N) is 3. The summed E-state index contributed by atoms with van der Waals surface area (Å²) in [4.78, 5) is 22.4. The van der Waals surface area contributed by atoms with Crippen molar-refractivity contribution in [3.05, 3.63) is 40.3 Å². The second-order valence-corrected chi connectivity index (χ2v) is 6.73. The van der Waals surface area contributed by atoms with Gasteiger partial charge in [-0.05, 0) is 42.6 Å². The first-order chi connectivity index (χ1) is 12.5. The Hall–Kier alpha value is -2.09. The van der Waals surface area contributed by atoms with Crippen LogP contribution in [0.5, 0.6) is 0 Å². The van der Waals surface area contributed by atoms with E-state index in [0.29, 0.717) is 34.9 Å². The minimum atomic E-state index is -0.254. The van der Waals surface area contributed by atoms with Crippen LogP contribution in [0.3, 0.4) is 0 Å². The van der Waals surface area contributed by atoms with Crippen LogP contribution >= 0.6 is 23.2 Å². The van der Waals surface area contributed by atoms with Gasteiger partial charge in [0.2, 0.25) is 5.28 Å². The molecule has 0 saturated carbocycles. The lowest BCUT2D eigenvalue weighted by atomic mass is 10.1. The van der Waals surface area contributed by atoms with Crippen molar-refractivity contribution in [1.82, 2.24) is 15.3 Å². The van der Waals surface area contributed by atoms with E-state index in [-0.39, 0.29) is 17.3 Å². The van der Waals surface area contributed by atoms with Crippen LogP contribution in [0.25, 0.3) is 0 Å². The third-order valence-corrected chi connectivity index (χ3v) is 4.73. The number of hydrogen-bond acceptors (Lipinski definition) is 6. The number of amides is 1. The van der Waals surface area contributed by atoms with E-state index >= 15 is 0 Å². The van der Waals surface area contributed by atoms with Crippen LogP contribution in [-0.2, 0) is 0 Å². The molecule has 0 atom stereocenters. The Labute approximate surface area is 161 Å². The number of carbonyl (C=O) groups excluding carboxylic acids is 1. The summed E-state index contributed by atoms with van der Waals surface area (Å²) in [5.41, 5.74) is 1.94. The van der Waals surface area contributed by atoms with Crippen molar-refractivity contribution in [3.8, 4) is 0 Å². The van der Waals surface area contributed by atoms with Gasteiger partial charge in [0.25, 0.3) is 5.91 Å². The number of carbonyl (C=O) groups is 1. The van der Waals surface area contributed by atoms with Crippen molar-refractivity contribution < 1.29 is 9.90 Å². The summed E-state index contributed by atoms with van der Waals surface area (Å²) in [6.45, 7) is 1.49. The fourth-order valence-corrected chi connectivity index (χ4v) is 3.12. The van der Waals surface area contributed by atoms with Gasteiger partial charge in [-0.15, -0.1) is 0 Å². The van der Waals surface area contributed by atoms with Crippen LogP contribution in [0.4, 0.5) is 17.2 Å². The second kappa shape index (κ2) is 8.07. The molecule has 1 fully saturated rings. The van der Waals surface area contributed by atoms with Crippen molar-refractivity contribution in [2.75, 3.05) is 30.4 Å². The normalized spacial score (nSPS) is 15.0. The van der Waals surface area contributed by atoms with Crippen LogP contribution in [0.2, 0.25) is 10.3 Å². The van der Waals surface area contributed by atoms with Crippen molar-refractivity contribution in [3.63, 3.8) is 0 Å². The summed E-state index contributed by atoms with van der Waals surface area (Å²) < 4.78 is 0. The van der Waals surface area contributed by atoms with Crippen molar-refractivity contribution in [1.29, 1.82) is 0 Å². The second-order valence-electron chi connectivity index (χ2n) is 5.99. The molecule has 2 aromatic rings. The molecule has 26 heavy (non-hydrogen) atoms. The number of piperidine rings is 1. The van der Waals surface area contributed by atoms with Gasteiger partial charge in [0, 0.05) is 25.8 Å². The highest BCUT2D eigenvalue weighted by Crippen LogP contribution is 2.30. The summed E-state index contributed by atoms with van der Waals surface area (Å²) in [7, 11) is 1.57. The summed E-state index contributed by atoms with van der Waals surface area (Å²) in [6, 6.07) is 5.54. The zero-order valence-corrected chi connectivity index (χ0v) is 15.7. The predicted octanol–water partition coefficient (Wildman–Crippen LogP) is 2.85. The summed E-state index contributed by atoms with van der Waals surface area (Å²) in [5.74, 6) is 0.0911. The van der Waals surface area contributed by atoms with E-state index in [4.69, 9.17) is 23.2 Å². The van der Waals surface area contributed by atoms with Crippen molar-refractivity contribution >= 4 is 46.3 Å². The molecule has 3 N–H and O–H groups in total. The molecular weight excluding hydrogens is 377 g/mol. The first kappa shape index (κ1) is 18.7. The Morgan fingerprint density at radius 3 is 2.73 bits per heavy atom. The van der Waals surface area contributed by atoms with Crippen LogP contribution in [-0.4, -0.2) is 47.2 Å². The molecule has 1 amide bonds. The minimum absolute atomic E-state index is 0.0573. The van der Waals surface area contributed by atoms with E-state index in [1.165, 1.54) is 6.20 Å². The number of benzene rings is 1. The van der Waals surface area contributed by atoms with Crippen molar-refractivity contribution in [2.24, 2.45) is 0 Å². The number of aromatic nitrogens is 2. The Balaban J connectivity index is 1.92. The number of nitrogens with one attached hydrogen (secondary N) is 2. The molecule has 2 heterocycles. The van der Waals surface area contributed by atoms with E-state index in [0.717, 1.165) is 18.8 Å². The van der Waals surface area contributed by atoms with Gasteiger partial charge in [-0.25, -0.2) is 4.98 Å². The zero-order valence-electron chi connectivity index (χ0n) is 14.2. The molecule has 1 saturated heterocycles. The number of aliphatic hydroxyl groups excluding tert-OH is 1. The van der Waals surface area contributed by atoms with Gasteiger partial charge >= 0.3 is 0 Å². The average molecular weight is 396 g/mol. The number of rotatable bonds is 4. The molecule has 3 rings (SSSR count). The largest absolute Gasteiger partial charge is 0.393 e. The van der Waals surface area contributed by atoms with Gasteiger partial charge in [0.1, 0.15) is 5.02 Å². The van der Waals surface area contributed by atoms with Gasteiger partial charge in [0.05, 0.1) is 23.6 Å². The minimum Gasteiger partial charge on any atom is -0.393 e. The highest BCUT2D eigenvalue weighted by molar-refractivity contribution is 6.33. The maximum Gasteiger partial charge on any atom is 0.253 e. The topological polar surface area (TPSA) is 90.4 Å². The SMILES string of the molecule is CNC(=O)c1cc(N2CCC(O)CC2)ccc1Nc1nc(Cl)ncc1Cl. The van der Waals surface area contributed by atoms with Gasteiger partial charge in [-0.1, -0.05) is 11.6 Å². The molecule has 7 nitrogen and oxygen atoms in total. The summed E-state index contributed by atoms with van der Waals surface area (Å²) >= 11 is 11.9. The van der Waals surface area contributed by atoms with Gasteiger partial charge in [0.15, 0.2) is 5.82 Å². The smallest absolute Gasteiger partial charge is 0.253 e. The maximum atomic E-state index is 12.4. The van der Waals surface area contributed by atoms with Crippen LogP contribution in [0.1, 0.15) is 23.2 Å². The fourth-order valence-electron chi connectivity index (χ4n) is 2.85. The Morgan fingerprint density at radius 1 is 1.31 bits per heavy atom.